The average Bonchev–Trinajstić information content (AvgIpc) is 2.05. The number of hydrogen-bond acceptors (Lipinski definition) is 15. The number of unbranched alkanes of at least 4 members (excludes halogenated alkanes) is 45. The van der Waals surface area contributed by atoms with Crippen molar-refractivity contribution < 1.29 is 80.2 Å². The van der Waals surface area contributed by atoms with E-state index in [-0.39, 0.29) is 25.7 Å². The van der Waals surface area contributed by atoms with E-state index in [9.17, 15) is 43.2 Å². The van der Waals surface area contributed by atoms with Gasteiger partial charge in [-0.1, -0.05) is 330 Å². The topological polar surface area (TPSA) is 237 Å². The van der Waals surface area contributed by atoms with Gasteiger partial charge in [-0.25, -0.2) is 9.13 Å². The maximum Gasteiger partial charge on any atom is 0.472 e. The van der Waals surface area contributed by atoms with Gasteiger partial charge in [0.2, 0.25) is 0 Å². The number of phosphoric acid groups is 2. The van der Waals surface area contributed by atoms with Crippen LogP contribution in [0.1, 0.15) is 381 Å². The summed E-state index contributed by atoms with van der Waals surface area (Å²) in [7, 11) is -9.90. The highest BCUT2D eigenvalue weighted by Gasteiger charge is 2.30. The molecule has 0 aromatic rings. The first kappa shape index (κ1) is 90.1. The number of aliphatic hydroxyl groups is 1. The van der Waals surface area contributed by atoms with Gasteiger partial charge >= 0.3 is 39.5 Å². The minimum absolute atomic E-state index is 0.106. The van der Waals surface area contributed by atoms with E-state index in [1.54, 1.807) is 0 Å². The molecule has 0 aliphatic heterocycles. The van der Waals surface area contributed by atoms with Crippen molar-refractivity contribution >= 4 is 39.5 Å². The Balaban J connectivity index is 5.20. The quantitative estimate of drug-likeness (QED) is 0.0222. The molecule has 0 amide bonds. The van der Waals surface area contributed by atoms with Gasteiger partial charge < -0.3 is 33.8 Å². The number of phosphoric ester groups is 2. The number of esters is 4. The molecule has 0 spiro atoms. The minimum Gasteiger partial charge on any atom is -0.462 e. The molecule has 19 heteroatoms. The van der Waals surface area contributed by atoms with E-state index >= 15 is 0 Å². The fourth-order valence-electron chi connectivity index (χ4n) is 11.2. The van der Waals surface area contributed by atoms with Crippen LogP contribution in [0.3, 0.4) is 0 Å². The van der Waals surface area contributed by atoms with Crippen molar-refractivity contribution in [1.29, 1.82) is 0 Å². The van der Waals surface area contributed by atoms with Crippen molar-refractivity contribution in [3.8, 4) is 0 Å². The Hall–Kier alpha value is -1.94. The molecule has 0 rings (SSSR count). The van der Waals surface area contributed by atoms with Crippen LogP contribution >= 0.6 is 15.6 Å². The second-order valence-corrected chi connectivity index (χ2v) is 29.7. The summed E-state index contributed by atoms with van der Waals surface area (Å²) in [6.07, 6.45) is 54.2. The van der Waals surface area contributed by atoms with Crippen LogP contribution < -0.4 is 0 Å². The molecule has 0 radical (unpaired) electrons. The lowest BCUT2D eigenvalue weighted by molar-refractivity contribution is -0.161. The van der Waals surface area contributed by atoms with Crippen molar-refractivity contribution in [2.24, 2.45) is 5.92 Å². The van der Waals surface area contributed by atoms with Crippen LogP contribution in [0.2, 0.25) is 0 Å². The van der Waals surface area contributed by atoms with E-state index in [4.69, 9.17) is 37.0 Å². The van der Waals surface area contributed by atoms with Crippen LogP contribution in [0.15, 0.2) is 0 Å². The smallest absolute Gasteiger partial charge is 0.462 e. The summed E-state index contributed by atoms with van der Waals surface area (Å²) < 4.78 is 68.3. The van der Waals surface area contributed by atoms with Gasteiger partial charge in [-0.15, -0.1) is 0 Å². The van der Waals surface area contributed by atoms with Crippen LogP contribution in [-0.2, 0) is 65.4 Å². The normalized spacial score (nSPS) is 14.0. The number of carbonyl (C=O) groups excluding carboxylic acids is 4. The Labute approximate surface area is 562 Å². The van der Waals surface area contributed by atoms with Crippen molar-refractivity contribution in [1.82, 2.24) is 0 Å². The van der Waals surface area contributed by atoms with Crippen LogP contribution in [0.25, 0.3) is 0 Å². The lowest BCUT2D eigenvalue weighted by Gasteiger charge is -2.21. The first-order chi connectivity index (χ1) is 44.5. The molecule has 546 valence electrons. The van der Waals surface area contributed by atoms with Crippen molar-refractivity contribution in [2.45, 2.75) is 400 Å². The van der Waals surface area contributed by atoms with Crippen LogP contribution in [0.5, 0.6) is 0 Å². The summed E-state index contributed by atoms with van der Waals surface area (Å²) in [5.74, 6) is -1.37. The highest BCUT2D eigenvalue weighted by molar-refractivity contribution is 7.47. The standard InChI is InChI=1S/C73H142O17P2/c1-6-9-12-15-18-20-22-24-26-28-30-32-37-42-47-52-57-71(76)84-63-69(90-72(77)58-53-48-43-38-33-31-29-27-25-23-21-19-16-13-10-7-2)65-88-92(81,82)86-61-67(74)60-85-91(79,80)87-64-68(62-83-70(75)56-51-46-40-17-14-11-8-3)89-73(78)59-54-49-44-39-35-34-36-41-45-50-55-66(4)5/h66-69,74H,6-65H2,1-5H3,(H,79,80)(H,81,82)/t67-,68+,69+/m0/s1. The summed E-state index contributed by atoms with van der Waals surface area (Å²) in [4.78, 5) is 72.6. The summed E-state index contributed by atoms with van der Waals surface area (Å²) in [5.41, 5.74) is 0. The Bertz CT molecular complexity index is 1770. The Kier molecular flexibility index (Phi) is 64.9. The molecule has 0 fully saturated rings. The third kappa shape index (κ3) is 66.7. The maximum absolute atomic E-state index is 13.1. The van der Waals surface area contributed by atoms with Gasteiger partial charge in [-0.3, -0.25) is 37.3 Å². The number of ether oxygens (including phenoxy) is 4. The number of carbonyl (C=O) groups is 4. The Morgan fingerprint density at radius 1 is 0.293 bits per heavy atom. The predicted molar refractivity (Wildman–Crippen MR) is 372 cm³/mol. The van der Waals surface area contributed by atoms with E-state index in [0.717, 1.165) is 109 Å². The van der Waals surface area contributed by atoms with Crippen LogP contribution in [-0.4, -0.2) is 96.7 Å². The lowest BCUT2D eigenvalue weighted by Crippen LogP contribution is -2.30. The third-order valence-electron chi connectivity index (χ3n) is 17.0. The summed E-state index contributed by atoms with van der Waals surface area (Å²) >= 11 is 0. The highest BCUT2D eigenvalue weighted by atomic mass is 31.2. The molecule has 0 saturated heterocycles. The van der Waals surface area contributed by atoms with E-state index in [1.807, 2.05) is 0 Å². The van der Waals surface area contributed by atoms with Gasteiger partial charge in [-0.05, 0) is 31.6 Å². The SMILES string of the molecule is CCCCCCCCCCCCCCCCCCC(=O)OC[C@H](COP(=O)(O)OC[C@@H](O)COP(=O)(O)OC[C@@H](COC(=O)CCCCCCCCC)OC(=O)CCCCCCCCCCCCC(C)C)OC(=O)CCCCCCCCCCCCCCCCCC. The molecule has 0 bridgehead atoms. The van der Waals surface area contributed by atoms with Crippen LogP contribution in [0, 0.1) is 5.92 Å². The summed E-state index contributed by atoms with van der Waals surface area (Å²) in [5, 5.41) is 10.6. The molecule has 92 heavy (non-hydrogen) atoms. The molecule has 0 aliphatic carbocycles. The molecule has 17 nitrogen and oxygen atoms in total. The van der Waals surface area contributed by atoms with Gasteiger partial charge in [0, 0.05) is 25.7 Å². The van der Waals surface area contributed by atoms with Crippen molar-refractivity contribution in [3.05, 3.63) is 0 Å². The third-order valence-corrected chi connectivity index (χ3v) is 18.9. The zero-order valence-electron chi connectivity index (χ0n) is 59.7. The van der Waals surface area contributed by atoms with Gasteiger partial charge in [0.25, 0.3) is 0 Å². The molecule has 0 saturated carbocycles. The van der Waals surface area contributed by atoms with E-state index in [1.165, 1.54) is 193 Å². The molecular formula is C73H142O17P2. The van der Waals surface area contributed by atoms with Gasteiger partial charge in [-0.2, -0.15) is 0 Å². The number of rotatable bonds is 73. The lowest BCUT2D eigenvalue weighted by atomic mass is 10.0. The zero-order chi connectivity index (χ0) is 67.7. The van der Waals surface area contributed by atoms with E-state index in [0.29, 0.717) is 25.7 Å². The number of hydrogen-bond donors (Lipinski definition) is 3. The van der Waals surface area contributed by atoms with Crippen molar-refractivity contribution in [2.75, 3.05) is 39.6 Å². The Morgan fingerprint density at radius 2 is 0.500 bits per heavy atom. The number of aliphatic hydroxyl groups excluding tert-OH is 1. The monoisotopic (exact) mass is 1350 g/mol. The van der Waals surface area contributed by atoms with Crippen molar-refractivity contribution in [3.63, 3.8) is 0 Å². The van der Waals surface area contributed by atoms with Gasteiger partial charge in [0.1, 0.15) is 19.3 Å². The Morgan fingerprint density at radius 3 is 0.739 bits per heavy atom. The van der Waals surface area contributed by atoms with Crippen LogP contribution in [0.4, 0.5) is 0 Å². The zero-order valence-corrected chi connectivity index (χ0v) is 61.5. The van der Waals surface area contributed by atoms with E-state index in [2.05, 4.69) is 34.6 Å². The van der Waals surface area contributed by atoms with Gasteiger partial charge in [0.05, 0.1) is 26.4 Å². The molecule has 2 unspecified atom stereocenters. The molecular weight excluding hydrogens is 1210 g/mol. The molecule has 0 aliphatic rings. The second kappa shape index (κ2) is 66.3. The fraction of sp³-hybridized carbons (Fsp3) is 0.945. The largest absolute Gasteiger partial charge is 0.472 e. The second-order valence-electron chi connectivity index (χ2n) is 26.8. The summed E-state index contributed by atoms with van der Waals surface area (Å²) in [6, 6.07) is 0. The van der Waals surface area contributed by atoms with E-state index < -0.39 is 97.5 Å². The van der Waals surface area contributed by atoms with Gasteiger partial charge in [0.15, 0.2) is 12.2 Å². The molecule has 0 heterocycles. The minimum atomic E-state index is -4.95. The first-order valence-electron chi connectivity index (χ1n) is 38.1. The predicted octanol–water partition coefficient (Wildman–Crippen LogP) is 21.3. The summed E-state index contributed by atoms with van der Waals surface area (Å²) in [6.45, 7) is 7.23. The fourth-order valence-corrected chi connectivity index (χ4v) is 12.8. The maximum atomic E-state index is 13.1. The first-order valence-corrected chi connectivity index (χ1v) is 41.1. The molecule has 3 N–H and O–H groups in total. The average molecular weight is 1350 g/mol. The molecule has 5 atom stereocenters. The molecule has 0 aromatic heterocycles. The molecule has 0 aromatic carbocycles. The highest BCUT2D eigenvalue weighted by Crippen LogP contribution is 2.45.